The Morgan fingerprint density at radius 2 is 1.96 bits per heavy atom. The summed E-state index contributed by atoms with van der Waals surface area (Å²) in [5.41, 5.74) is 1.94. The number of aromatic nitrogens is 4. The molecule has 1 aliphatic heterocycles. The molecule has 1 unspecified atom stereocenters. The largest absolute Gasteiger partial charge is 0.295 e. The zero-order valence-electron chi connectivity index (χ0n) is 16.2. The van der Waals surface area contributed by atoms with E-state index in [0.29, 0.717) is 5.92 Å². The minimum absolute atomic E-state index is 0.109. The highest BCUT2D eigenvalue weighted by atomic mass is 16.1. The highest BCUT2D eigenvalue weighted by molar-refractivity contribution is 5.77. The average Bonchev–Trinajstić information content (AvgIpc) is 3.40. The molecule has 1 aliphatic carbocycles. The number of benzene rings is 1. The number of fused-ring (bicyclic) bond motifs is 1. The molecule has 1 atom stereocenters. The number of hydrogen-bond donors (Lipinski definition) is 0. The van der Waals surface area contributed by atoms with Crippen LogP contribution >= 0.6 is 0 Å². The Balaban J connectivity index is 1.55. The highest BCUT2D eigenvalue weighted by Crippen LogP contribution is 2.35. The second-order valence-electron chi connectivity index (χ2n) is 8.07. The molecule has 1 saturated heterocycles. The smallest absolute Gasteiger partial charge is 0.261 e. The summed E-state index contributed by atoms with van der Waals surface area (Å²) in [5, 5.41) is 0.725. The van der Waals surface area contributed by atoms with Crippen molar-refractivity contribution in [2.24, 2.45) is 5.92 Å². The van der Waals surface area contributed by atoms with Crippen molar-refractivity contribution in [3.05, 3.63) is 64.2 Å². The van der Waals surface area contributed by atoms with Crippen molar-refractivity contribution in [2.75, 3.05) is 6.54 Å². The first-order valence-electron chi connectivity index (χ1n) is 10.2. The summed E-state index contributed by atoms with van der Waals surface area (Å²) in [6.07, 6.45) is 6.39. The molecule has 2 aliphatic rings. The number of rotatable bonds is 5. The third-order valence-corrected chi connectivity index (χ3v) is 5.89. The number of para-hydroxylation sites is 1. The first-order chi connectivity index (χ1) is 13.7. The maximum absolute atomic E-state index is 13.3. The Hall–Kier alpha value is -2.60. The predicted molar refractivity (Wildman–Crippen MR) is 108 cm³/mol. The summed E-state index contributed by atoms with van der Waals surface area (Å²) in [4.78, 5) is 29.5. The van der Waals surface area contributed by atoms with E-state index < -0.39 is 0 Å². The van der Waals surface area contributed by atoms with Crippen molar-refractivity contribution in [3.63, 3.8) is 0 Å². The van der Waals surface area contributed by atoms with Gasteiger partial charge in [0.15, 0.2) is 0 Å². The van der Waals surface area contributed by atoms with Crippen molar-refractivity contribution >= 4 is 10.9 Å². The molecule has 144 valence electrons. The molecule has 2 fully saturated rings. The minimum Gasteiger partial charge on any atom is -0.295 e. The second-order valence-corrected chi connectivity index (χ2v) is 8.07. The van der Waals surface area contributed by atoms with Gasteiger partial charge in [-0.15, -0.1) is 0 Å². The van der Waals surface area contributed by atoms with E-state index in [1.165, 1.54) is 12.8 Å². The van der Waals surface area contributed by atoms with Crippen LogP contribution in [0.3, 0.4) is 0 Å². The fraction of sp³-hybridized carbons (Fsp3) is 0.455. The molecular weight excluding hydrogens is 350 g/mol. The average molecular weight is 375 g/mol. The van der Waals surface area contributed by atoms with E-state index in [0.717, 1.165) is 60.7 Å². The third-order valence-electron chi connectivity index (χ3n) is 5.89. The van der Waals surface area contributed by atoms with Crippen LogP contribution in [-0.4, -0.2) is 31.0 Å². The fourth-order valence-electron chi connectivity index (χ4n) is 4.28. The number of aryl methyl sites for hydroxylation is 1. The van der Waals surface area contributed by atoms with Crippen LogP contribution < -0.4 is 5.56 Å². The fourth-order valence-corrected chi connectivity index (χ4v) is 4.28. The summed E-state index contributed by atoms with van der Waals surface area (Å²) in [5.74, 6) is 2.35. The standard InChI is InChI=1S/C22H25N5O/c1-15-23-11-10-17(24-15)14-26-12-4-7-20(26)21-25-19-6-3-2-5-18(19)22(28)27(21)13-16-8-9-16/h2-3,5-6,10-11,16,20H,4,7-9,12-14H2,1H3. The highest BCUT2D eigenvalue weighted by Gasteiger charge is 2.32. The molecule has 0 amide bonds. The van der Waals surface area contributed by atoms with E-state index in [1.54, 1.807) is 0 Å². The summed E-state index contributed by atoms with van der Waals surface area (Å²) >= 11 is 0. The quantitative estimate of drug-likeness (QED) is 0.685. The van der Waals surface area contributed by atoms with E-state index in [-0.39, 0.29) is 11.6 Å². The topological polar surface area (TPSA) is 63.9 Å². The Morgan fingerprint density at radius 3 is 2.79 bits per heavy atom. The SMILES string of the molecule is Cc1nccc(CN2CCCC2c2nc3ccccc3c(=O)n2CC2CC2)n1. The number of hydrogen-bond acceptors (Lipinski definition) is 5. The van der Waals surface area contributed by atoms with E-state index >= 15 is 0 Å². The van der Waals surface area contributed by atoms with Gasteiger partial charge in [0.1, 0.15) is 11.6 Å². The van der Waals surface area contributed by atoms with Crippen LogP contribution in [0.5, 0.6) is 0 Å². The van der Waals surface area contributed by atoms with Crippen molar-refractivity contribution in [1.82, 2.24) is 24.4 Å². The summed E-state index contributed by atoms with van der Waals surface area (Å²) in [6, 6.07) is 9.87. The Bertz CT molecular complexity index is 1070. The van der Waals surface area contributed by atoms with E-state index in [2.05, 4.69) is 14.9 Å². The normalized spacial score (nSPS) is 20.1. The van der Waals surface area contributed by atoms with Crippen LogP contribution in [0.1, 0.15) is 49.1 Å². The molecule has 5 rings (SSSR count). The van der Waals surface area contributed by atoms with Crippen LogP contribution in [0.4, 0.5) is 0 Å². The van der Waals surface area contributed by atoms with Crippen LogP contribution in [0.25, 0.3) is 10.9 Å². The monoisotopic (exact) mass is 375 g/mol. The lowest BCUT2D eigenvalue weighted by molar-refractivity contribution is 0.229. The van der Waals surface area contributed by atoms with Gasteiger partial charge in [-0.25, -0.2) is 15.0 Å². The molecule has 3 aromatic rings. The lowest BCUT2D eigenvalue weighted by Crippen LogP contribution is -2.32. The van der Waals surface area contributed by atoms with Gasteiger partial charge in [-0.1, -0.05) is 12.1 Å². The molecule has 1 saturated carbocycles. The Kier molecular flexibility index (Phi) is 4.43. The molecule has 3 heterocycles. The molecule has 0 spiro atoms. The summed E-state index contributed by atoms with van der Waals surface area (Å²) in [7, 11) is 0. The summed E-state index contributed by atoms with van der Waals surface area (Å²) < 4.78 is 1.97. The minimum atomic E-state index is 0.109. The van der Waals surface area contributed by atoms with Crippen molar-refractivity contribution in [1.29, 1.82) is 0 Å². The maximum atomic E-state index is 13.3. The molecule has 2 aromatic heterocycles. The van der Waals surface area contributed by atoms with Gasteiger partial charge in [0.2, 0.25) is 0 Å². The first kappa shape index (κ1) is 17.5. The van der Waals surface area contributed by atoms with Gasteiger partial charge in [0.25, 0.3) is 5.56 Å². The molecule has 6 heteroatoms. The van der Waals surface area contributed by atoms with Crippen molar-refractivity contribution < 1.29 is 0 Å². The van der Waals surface area contributed by atoms with Gasteiger partial charge >= 0.3 is 0 Å². The molecular formula is C22H25N5O. The molecule has 28 heavy (non-hydrogen) atoms. The third kappa shape index (κ3) is 3.33. The van der Waals surface area contributed by atoms with Crippen molar-refractivity contribution in [3.8, 4) is 0 Å². The Morgan fingerprint density at radius 1 is 1.11 bits per heavy atom. The lowest BCUT2D eigenvalue weighted by atomic mass is 10.1. The van der Waals surface area contributed by atoms with Gasteiger partial charge in [0.05, 0.1) is 22.6 Å². The van der Waals surface area contributed by atoms with Gasteiger partial charge < -0.3 is 0 Å². The predicted octanol–water partition coefficient (Wildman–Crippen LogP) is 3.24. The lowest BCUT2D eigenvalue weighted by Gasteiger charge is -2.26. The van der Waals surface area contributed by atoms with E-state index in [1.807, 2.05) is 48.0 Å². The molecule has 0 radical (unpaired) electrons. The van der Waals surface area contributed by atoms with Crippen LogP contribution in [0, 0.1) is 12.8 Å². The van der Waals surface area contributed by atoms with Gasteiger partial charge in [-0.05, 0) is 63.3 Å². The number of nitrogens with zero attached hydrogens (tertiary/aromatic N) is 5. The molecule has 0 N–H and O–H groups in total. The molecule has 1 aromatic carbocycles. The van der Waals surface area contributed by atoms with E-state index in [4.69, 9.17) is 4.98 Å². The number of likely N-dealkylation sites (tertiary alicyclic amines) is 1. The van der Waals surface area contributed by atoms with Gasteiger partial charge in [-0.3, -0.25) is 14.3 Å². The van der Waals surface area contributed by atoms with E-state index in [9.17, 15) is 4.79 Å². The van der Waals surface area contributed by atoms with Crippen LogP contribution in [0.15, 0.2) is 41.3 Å². The maximum Gasteiger partial charge on any atom is 0.261 e. The second kappa shape index (κ2) is 7.09. The van der Waals surface area contributed by atoms with Crippen LogP contribution in [0.2, 0.25) is 0 Å². The van der Waals surface area contributed by atoms with Crippen LogP contribution in [-0.2, 0) is 13.1 Å². The Labute approximate surface area is 164 Å². The molecule has 0 bridgehead atoms. The van der Waals surface area contributed by atoms with Gasteiger partial charge in [-0.2, -0.15) is 0 Å². The van der Waals surface area contributed by atoms with Crippen molar-refractivity contribution in [2.45, 2.75) is 51.7 Å². The first-order valence-corrected chi connectivity index (χ1v) is 10.2. The molecule has 6 nitrogen and oxygen atoms in total. The van der Waals surface area contributed by atoms with Gasteiger partial charge in [0, 0.05) is 19.3 Å². The zero-order chi connectivity index (χ0) is 19.1. The summed E-state index contributed by atoms with van der Waals surface area (Å²) in [6.45, 7) is 4.48. The zero-order valence-corrected chi connectivity index (χ0v) is 16.2.